The number of hydrogen-bond donors (Lipinski definition) is 0. The molecule has 1 unspecified atom stereocenters. The third kappa shape index (κ3) is 5.22. The molecule has 0 aromatic rings. The number of piperidine rings is 2. The minimum Gasteiger partial charge on any atom is -0.367 e. The van der Waals surface area contributed by atoms with Crippen LogP contribution in [0.5, 0.6) is 0 Å². The van der Waals surface area contributed by atoms with E-state index in [-0.39, 0.29) is 12.0 Å². The summed E-state index contributed by atoms with van der Waals surface area (Å²) in [5.74, 6) is 0.00781. The summed E-state index contributed by atoms with van der Waals surface area (Å²) in [6.07, 6.45) is 4.82. The molecule has 0 aliphatic carbocycles. The topological polar surface area (TPSA) is 101 Å². The van der Waals surface area contributed by atoms with Gasteiger partial charge in [0.25, 0.3) is 0 Å². The van der Waals surface area contributed by atoms with E-state index in [2.05, 4.69) is 0 Å². The van der Waals surface area contributed by atoms with Crippen LogP contribution in [0.2, 0.25) is 0 Å². The fraction of sp³-hybridized carbons (Fsp3) is 0.929. The maximum atomic E-state index is 11.5. The summed E-state index contributed by atoms with van der Waals surface area (Å²) in [7, 11) is -6.37. The van der Waals surface area contributed by atoms with Crippen LogP contribution in [0.15, 0.2) is 0 Å². The van der Waals surface area contributed by atoms with Crippen molar-refractivity contribution in [2.24, 2.45) is 5.92 Å². The molecule has 2 heterocycles. The van der Waals surface area contributed by atoms with E-state index in [1.807, 2.05) is 0 Å². The molecule has 2 fully saturated rings. The van der Waals surface area contributed by atoms with Crippen molar-refractivity contribution in [1.29, 1.82) is 0 Å². The second-order valence-corrected chi connectivity index (χ2v) is 10.6. The van der Waals surface area contributed by atoms with E-state index in [1.165, 1.54) is 21.1 Å². The summed E-state index contributed by atoms with van der Waals surface area (Å²) in [5, 5.41) is 0. The lowest BCUT2D eigenvalue weighted by Crippen LogP contribution is -2.45. The van der Waals surface area contributed by atoms with E-state index >= 15 is 0 Å². The zero-order chi connectivity index (χ0) is 18.0. The van der Waals surface area contributed by atoms with Gasteiger partial charge >= 0.3 is 0 Å². The molecule has 0 saturated carbocycles. The Morgan fingerprint density at radius 2 is 1.29 bits per heavy atom. The van der Waals surface area contributed by atoms with Gasteiger partial charge in [-0.25, -0.2) is 25.4 Å². The molecular weight excluding hydrogens is 356 g/mol. The first-order valence-corrected chi connectivity index (χ1v) is 11.8. The van der Waals surface area contributed by atoms with Gasteiger partial charge in [0.15, 0.2) is 0 Å². The van der Waals surface area contributed by atoms with Crippen LogP contribution in [-0.2, 0) is 29.6 Å². The normalized spacial score (nSPS) is 24.8. The Morgan fingerprint density at radius 1 is 0.875 bits per heavy atom. The molecule has 2 saturated heterocycles. The van der Waals surface area contributed by atoms with Gasteiger partial charge in [-0.15, -0.1) is 0 Å². The highest BCUT2D eigenvalue weighted by Gasteiger charge is 2.33. The third-order valence-corrected chi connectivity index (χ3v) is 7.39. The molecule has 140 valence electrons. The molecule has 24 heavy (non-hydrogen) atoms. The molecule has 0 bridgehead atoms. The van der Waals surface area contributed by atoms with Gasteiger partial charge in [-0.1, -0.05) is 0 Å². The Balaban J connectivity index is 1.85. The summed E-state index contributed by atoms with van der Waals surface area (Å²) in [6.45, 7) is 1.62. The van der Waals surface area contributed by atoms with Crippen molar-refractivity contribution in [2.45, 2.75) is 37.9 Å². The van der Waals surface area contributed by atoms with Crippen LogP contribution < -0.4 is 0 Å². The number of sulfonamides is 2. The molecule has 0 amide bonds. The first-order valence-electron chi connectivity index (χ1n) is 8.12. The van der Waals surface area contributed by atoms with E-state index < -0.39 is 26.2 Å². The summed E-state index contributed by atoms with van der Waals surface area (Å²) in [4.78, 5) is 11.4. The minimum atomic E-state index is -3.19. The van der Waals surface area contributed by atoms with Crippen LogP contribution in [0.25, 0.3) is 0 Å². The predicted octanol–water partition coefficient (Wildman–Crippen LogP) is -0.334. The van der Waals surface area contributed by atoms with Crippen LogP contribution in [0.3, 0.4) is 0 Å². The summed E-state index contributed by atoms with van der Waals surface area (Å²) in [6, 6.07) is 0. The fourth-order valence-electron chi connectivity index (χ4n) is 3.31. The molecule has 0 spiro atoms. The van der Waals surface area contributed by atoms with Gasteiger partial charge in [0.05, 0.1) is 18.6 Å². The first kappa shape index (κ1) is 19.8. The molecule has 0 N–H and O–H groups in total. The highest BCUT2D eigenvalue weighted by Crippen LogP contribution is 2.26. The van der Waals surface area contributed by atoms with Gasteiger partial charge < -0.3 is 9.53 Å². The Morgan fingerprint density at radius 3 is 1.67 bits per heavy atom. The predicted molar refractivity (Wildman–Crippen MR) is 89.5 cm³/mol. The molecular formula is C14H26N2O6S2. The van der Waals surface area contributed by atoms with Crippen LogP contribution in [0.1, 0.15) is 25.7 Å². The lowest BCUT2D eigenvalue weighted by atomic mass is 9.92. The maximum Gasteiger partial charge on any atom is 0.211 e. The Hall–Kier alpha value is -0.550. The van der Waals surface area contributed by atoms with Gasteiger partial charge in [-0.3, -0.25) is 0 Å². The highest BCUT2D eigenvalue weighted by atomic mass is 32.2. The molecule has 0 aromatic heterocycles. The number of carbonyl (C=O) groups excluding carboxylic acids is 1. The quantitative estimate of drug-likeness (QED) is 0.583. The zero-order valence-corrected chi connectivity index (χ0v) is 15.8. The SMILES string of the molecule is CS(=O)(=O)N1CCC(OC(C=O)C2CCN(S(C)(=O)=O)CC2)CC1. The molecule has 2 aliphatic heterocycles. The van der Waals surface area contributed by atoms with Crippen LogP contribution in [0, 0.1) is 5.92 Å². The lowest BCUT2D eigenvalue weighted by molar-refractivity contribution is -0.130. The van der Waals surface area contributed by atoms with E-state index in [4.69, 9.17) is 4.74 Å². The Labute approximate surface area is 144 Å². The number of rotatable bonds is 6. The van der Waals surface area contributed by atoms with Crippen LogP contribution in [0.4, 0.5) is 0 Å². The van der Waals surface area contributed by atoms with Crippen molar-refractivity contribution < 1.29 is 26.4 Å². The summed E-state index contributed by atoms with van der Waals surface area (Å²) >= 11 is 0. The maximum absolute atomic E-state index is 11.5. The van der Waals surface area contributed by atoms with E-state index in [0.717, 1.165) is 6.29 Å². The van der Waals surface area contributed by atoms with Crippen LogP contribution >= 0.6 is 0 Å². The monoisotopic (exact) mass is 382 g/mol. The number of ether oxygens (including phenoxy) is 1. The first-order chi connectivity index (χ1) is 11.1. The largest absolute Gasteiger partial charge is 0.367 e. The zero-order valence-electron chi connectivity index (χ0n) is 14.1. The van der Waals surface area contributed by atoms with Crippen molar-refractivity contribution in [3.63, 3.8) is 0 Å². The van der Waals surface area contributed by atoms with Crippen molar-refractivity contribution in [3.8, 4) is 0 Å². The van der Waals surface area contributed by atoms with E-state index in [9.17, 15) is 21.6 Å². The molecule has 0 aromatic carbocycles. The summed E-state index contributed by atoms with van der Waals surface area (Å²) < 4.78 is 54.8. The highest BCUT2D eigenvalue weighted by molar-refractivity contribution is 7.88. The molecule has 1 atom stereocenters. The molecule has 10 heteroatoms. The lowest BCUT2D eigenvalue weighted by Gasteiger charge is -2.36. The Bertz CT molecular complexity index is 632. The van der Waals surface area contributed by atoms with Gasteiger partial charge in [-0.05, 0) is 31.6 Å². The average molecular weight is 383 g/mol. The van der Waals surface area contributed by atoms with Crippen molar-refractivity contribution >= 4 is 26.3 Å². The smallest absolute Gasteiger partial charge is 0.211 e. The number of hydrogen-bond acceptors (Lipinski definition) is 6. The minimum absolute atomic E-state index is 0.00781. The van der Waals surface area contributed by atoms with Crippen molar-refractivity contribution in [3.05, 3.63) is 0 Å². The summed E-state index contributed by atoms with van der Waals surface area (Å²) in [5.41, 5.74) is 0. The van der Waals surface area contributed by atoms with Crippen molar-refractivity contribution in [2.75, 3.05) is 38.7 Å². The van der Waals surface area contributed by atoms with E-state index in [0.29, 0.717) is 51.9 Å². The second-order valence-electron chi connectivity index (χ2n) is 6.60. The fourth-order valence-corrected chi connectivity index (χ4v) is 5.06. The molecule has 0 radical (unpaired) electrons. The van der Waals surface area contributed by atoms with Gasteiger partial charge in [0.2, 0.25) is 20.0 Å². The Kier molecular flexibility index (Phi) is 6.40. The van der Waals surface area contributed by atoms with Crippen LogP contribution in [-0.4, -0.2) is 82.6 Å². The molecule has 8 nitrogen and oxygen atoms in total. The molecule has 2 rings (SSSR count). The number of aldehydes is 1. The number of carbonyl (C=O) groups is 1. The average Bonchev–Trinajstić information content (AvgIpc) is 2.51. The standard InChI is InChI=1S/C14H26N2O6S2/c1-23(18,19)15-7-3-12(4-8-15)14(11-17)22-13-5-9-16(10-6-13)24(2,20)21/h11-14H,3-10H2,1-2H3. The van der Waals surface area contributed by atoms with Gasteiger partial charge in [0, 0.05) is 26.2 Å². The third-order valence-electron chi connectivity index (χ3n) is 4.79. The molecule has 2 aliphatic rings. The second kappa shape index (κ2) is 7.77. The number of nitrogens with zero attached hydrogens (tertiary/aromatic N) is 2. The van der Waals surface area contributed by atoms with Gasteiger partial charge in [0.1, 0.15) is 12.4 Å². The van der Waals surface area contributed by atoms with Gasteiger partial charge in [-0.2, -0.15) is 0 Å². The van der Waals surface area contributed by atoms with E-state index in [1.54, 1.807) is 0 Å². The van der Waals surface area contributed by atoms with Crippen molar-refractivity contribution in [1.82, 2.24) is 8.61 Å².